The fourth-order valence-electron chi connectivity index (χ4n) is 2.20. The third-order valence-corrected chi connectivity index (χ3v) is 3.29. The monoisotopic (exact) mass is 264 g/mol. The van der Waals surface area contributed by atoms with Gasteiger partial charge in [-0.1, -0.05) is 6.92 Å². The quantitative estimate of drug-likeness (QED) is 0.841. The first-order chi connectivity index (χ1) is 9.13. The van der Waals surface area contributed by atoms with Gasteiger partial charge in [-0.3, -0.25) is 4.79 Å². The molecule has 1 amide bonds. The maximum Gasteiger partial charge on any atom is 0.254 e. The first kappa shape index (κ1) is 13.7. The van der Waals surface area contributed by atoms with E-state index in [9.17, 15) is 4.79 Å². The Morgan fingerprint density at radius 2 is 2.32 bits per heavy atom. The summed E-state index contributed by atoms with van der Waals surface area (Å²) >= 11 is 0. The molecule has 1 aromatic carbocycles. The van der Waals surface area contributed by atoms with Crippen molar-refractivity contribution in [3.63, 3.8) is 0 Å². The van der Waals surface area contributed by atoms with E-state index < -0.39 is 0 Å². The molecule has 0 spiro atoms. The SMILES string of the molecule is CCC1CN(C(=O)c2cc(N)cc(OC)c2)CCO1. The molecule has 1 saturated heterocycles. The summed E-state index contributed by atoms with van der Waals surface area (Å²) < 4.78 is 10.7. The molecule has 1 aromatic rings. The van der Waals surface area contributed by atoms with Gasteiger partial charge in [0.05, 0.1) is 19.8 Å². The van der Waals surface area contributed by atoms with E-state index in [4.69, 9.17) is 15.2 Å². The summed E-state index contributed by atoms with van der Waals surface area (Å²) in [4.78, 5) is 14.3. The highest BCUT2D eigenvalue weighted by atomic mass is 16.5. The van der Waals surface area contributed by atoms with Crippen LogP contribution in [0.5, 0.6) is 5.75 Å². The molecule has 19 heavy (non-hydrogen) atoms. The number of carbonyl (C=O) groups excluding carboxylic acids is 1. The van der Waals surface area contributed by atoms with Crippen LogP contribution in [0.1, 0.15) is 23.7 Å². The van der Waals surface area contributed by atoms with Crippen LogP contribution in [0.2, 0.25) is 0 Å². The molecule has 5 nitrogen and oxygen atoms in total. The van der Waals surface area contributed by atoms with Gasteiger partial charge in [0.25, 0.3) is 5.91 Å². The second-order valence-corrected chi connectivity index (χ2v) is 4.65. The zero-order valence-electron chi connectivity index (χ0n) is 11.4. The molecule has 1 aliphatic heterocycles. The van der Waals surface area contributed by atoms with Gasteiger partial charge in [-0.25, -0.2) is 0 Å². The van der Waals surface area contributed by atoms with Crippen LogP contribution < -0.4 is 10.5 Å². The predicted molar refractivity (Wildman–Crippen MR) is 73.3 cm³/mol. The number of amides is 1. The summed E-state index contributed by atoms with van der Waals surface area (Å²) in [5.74, 6) is 0.580. The maximum absolute atomic E-state index is 12.4. The predicted octanol–water partition coefficient (Wildman–Crippen LogP) is 1.53. The Hall–Kier alpha value is -1.75. The molecule has 0 saturated carbocycles. The largest absolute Gasteiger partial charge is 0.497 e. The van der Waals surface area contributed by atoms with E-state index in [2.05, 4.69) is 6.92 Å². The molecule has 2 rings (SSSR count). The Kier molecular flexibility index (Phi) is 4.27. The summed E-state index contributed by atoms with van der Waals surface area (Å²) in [6.45, 7) is 3.89. The van der Waals surface area contributed by atoms with E-state index in [1.165, 1.54) is 0 Å². The lowest BCUT2D eigenvalue weighted by molar-refractivity contribution is -0.0226. The number of carbonyl (C=O) groups is 1. The lowest BCUT2D eigenvalue weighted by Crippen LogP contribution is -2.45. The minimum absolute atomic E-state index is 0.0210. The molecular weight excluding hydrogens is 244 g/mol. The third kappa shape index (κ3) is 3.17. The van der Waals surface area contributed by atoms with Crippen LogP contribution in [0.15, 0.2) is 18.2 Å². The van der Waals surface area contributed by atoms with Gasteiger partial charge < -0.3 is 20.1 Å². The number of nitrogens with two attached hydrogens (primary N) is 1. The first-order valence-corrected chi connectivity index (χ1v) is 6.49. The van der Waals surface area contributed by atoms with Crippen LogP contribution in [-0.4, -0.2) is 43.7 Å². The number of morpholine rings is 1. The van der Waals surface area contributed by atoms with Crippen molar-refractivity contribution in [2.75, 3.05) is 32.5 Å². The summed E-state index contributed by atoms with van der Waals surface area (Å²) in [6, 6.07) is 5.10. The Labute approximate surface area is 113 Å². The Morgan fingerprint density at radius 1 is 1.53 bits per heavy atom. The molecule has 1 fully saturated rings. The number of nitrogen functional groups attached to an aromatic ring is 1. The molecule has 104 valence electrons. The molecule has 1 heterocycles. The van der Waals surface area contributed by atoms with Crippen LogP contribution in [0.3, 0.4) is 0 Å². The number of methoxy groups -OCH3 is 1. The lowest BCUT2D eigenvalue weighted by Gasteiger charge is -2.32. The summed E-state index contributed by atoms with van der Waals surface area (Å²) in [6.07, 6.45) is 1.03. The zero-order chi connectivity index (χ0) is 13.8. The van der Waals surface area contributed by atoms with Gasteiger partial charge in [0.1, 0.15) is 5.75 Å². The smallest absolute Gasteiger partial charge is 0.254 e. The Balaban J connectivity index is 2.16. The number of nitrogens with zero attached hydrogens (tertiary/aromatic N) is 1. The normalized spacial score (nSPS) is 19.3. The van der Waals surface area contributed by atoms with Crippen molar-refractivity contribution in [1.82, 2.24) is 4.90 Å². The molecule has 5 heteroatoms. The average molecular weight is 264 g/mol. The topological polar surface area (TPSA) is 64.8 Å². The zero-order valence-corrected chi connectivity index (χ0v) is 11.4. The molecule has 0 aromatic heterocycles. The van der Waals surface area contributed by atoms with Gasteiger partial charge in [0.2, 0.25) is 0 Å². The van der Waals surface area contributed by atoms with E-state index in [1.54, 1.807) is 25.3 Å². The molecule has 0 aliphatic carbocycles. The van der Waals surface area contributed by atoms with Crippen molar-refractivity contribution in [1.29, 1.82) is 0 Å². The lowest BCUT2D eigenvalue weighted by atomic mass is 10.1. The van der Waals surface area contributed by atoms with Crippen LogP contribution in [0.4, 0.5) is 5.69 Å². The first-order valence-electron chi connectivity index (χ1n) is 6.49. The highest BCUT2D eigenvalue weighted by Gasteiger charge is 2.24. The number of ether oxygens (including phenoxy) is 2. The van der Waals surface area contributed by atoms with Crippen molar-refractivity contribution in [3.05, 3.63) is 23.8 Å². The fraction of sp³-hybridized carbons (Fsp3) is 0.500. The van der Waals surface area contributed by atoms with E-state index in [-0.39, 0.29) is 12.0 Å². The van der Waals surface area contributed by atoms with Crippen molar-refractivity contribution in [2.24, 2.45) is 0 Å². The third-order valence-electron chi connectivity index (χ3n) is 3.29. The number of benzene rings is 1. The minimum Gasteiger partial charge on any atom is -0.497 e. The fourth-order valence-corrected chi connectivity index (χ4v) is 2.20. The van der Waals surface area contributed by atoms with Crippen LogP contribution in [0, 0.1) is 0 Å². The number of hydrogen-bond acceptors (Lipinski definition) is 4. The summed E-state index contributed by atoms with van der Waals surface area (Å²) in [5.41, 5.74) is 6.87. The number of anilines is 1. The van der Waals surface area contributed by atoms with Gasteiger partial charge in [0, 0.05) is 30.4 Å². The molecule has 0 bridgehead atoms. The van der Waals surface area contributed by atoms with Gasteiger partial charge in [-0.2, -0.15) is 0 Å². The maximum atomic E-state index is 12.4. The van der Waals surface area contributed by atoms with Gasteiger partial charge >= 0.3 is 0 Å². The average Bonchev–Trinajstić information content (AvgIpc) is 2.45. The van der Waals surface area contributed by atoms with Crippen molar-refractivity contribution >= 4 is 11.6 Å². The van der Waals surface area contributed by atoms with E-state index in [0.717, 1.165) is 6.42 Å². The minimum atomic E-state index is -0.0210. The molecule has 2 N–H and O–H groups in total. The molecule has 0 radical (unpaired) electrons. The highest BCUT2D eigenvalue weighted by molar-refractivity contribution is 5.95. The van der Waals surface area contributed by atoms with Crippen LogP contribution in [0.25, 0.3) is 0 Å². The second kappa shape index (κ2) is 5.93. The van der Waals surface area contributed by atoms with Crippen LogP contribution in [-0.2, 0) is 4.74 Å². The van der Waals surface area contributed by atoms with E-state index in [1.807, 2.05) is 4.90 Å². The van der Waals surface area contributed by atoms with Crippen molar-refractivity contribution in [3.8, 4) is 5.75 Å². The van der Waals surface area contributed by atoms with E-state index in [0.29, 0.717) is 36.7 Å². The van der Waals surface area contributed by atoms with Crippen molar-refractivity contribution < 1.29 is 14.3 Å². The van der Waals surface area contributed by atoms with Gasteiger partial charge in [-0.05, 0) is 18.6 Å². The van der Waals surface area contributed by atoms with Crippen LogP contribution >= 0.6 is 0 Å². The van der Waals surface area contributed by atoms with Crippen molar-refractivity contribution in [2.45, 2.75) is 19.4 Å². The standard InChI is InChI=1S/C14H20N2O3/c1-3-12-9-16(4-5-19-12)14(17)10-6-11(15)8-13(7-10)18-2/h6-8,12H,3-5,9,15H2,1-2H3. The molecule has 1 atom stereocenters. The Morgan fingerprint density at radius 3 is 3.00 bits per heavy atom. The molecule has 1 aliphatic rings. The number of rotatable bonds is 3. The molecule has 1 unspecified atom stereocenters. The second-order valence-electron chi connectivity index (χ2n) is 4.65. The van der Waals surface area contributed by atoms with Gasteiger partial charge in [-0.15, -0.1) is 0 Å². The Bertz CT molecular complexity index is 462. The van der Waals surface area contributed by atoms with Gasteiger partial charge in [0.15, 0.2) is 0 Å². The summed E-state index contributed by atoms with van der Waals surface area (Å²) in [7, 11) is 1.56. The molecular formula is C14H20N2O3. The number of hydrogen-bond donors (Lipinski definition) is 1. The van der Waals surface area contributed by atoms with E-state index >= 15 is 0 Å². The summed E-state index contributed by atoms with van der Waals surface area (Å²) in [5, 5.41) is 0. The highest BCUT2D eigenvalue weighted by Crippen LogP contribution is 2.21.